The molecule has 2 aromatic rings. The fraction of sp³-hybridized carbons (Fsp3) is 0.647. The maximum atomic E-state index is 5.41. The molecule has 3 saturated heterocycles. The van der Waals surface area contributed by atoms with Crippen LogP contribution in [0.15, 0.2) is 10.9 Å². The van der Waals surface area contributed by atoms with E-state index in [1.165, 1.54) is 12.0 Å². The van der Waals surface area contributed by atoms with E-state index in [0.29, 0.717) is 18.0 Å². The van der Waals surface area contributed by atoms with Crippen molar-refractivity contribution in [2.24, 2.45) is 0 Å². The average Bonchev–Trinajstić information content (AvgIpc) is 3.04. The van der Waals surface area contributed by atoms with Crippen LogP contribution in [0.5, 0.6) is 0 Å². The molecule has 2 unspecified atom stereocenters. The molecule has 5 rings (SSSR count). The molecule has 0 amide bonds. The normalized spacial score (nSPS) is 23.6. The SMILES string of the molecule is Cc1ncnc(N2CC3CC(C2)N3Cc2nc(C(C)C)no2)c1C. The molecule has 3 aliphatic heterocycles. The molecule has 2 bridgehead atoms. The first kappa shape index (κ1) is 15.5. The highest BCUT2D eigenvalue weighted by atomic mass is 16.5. The number of aryl methyl sites for hydroxylation is 1. The Morgan fingerprint density at radius 1 is 1.21 bits per heavy atom. The summed E-state index contributed by atoms with van der Waals surface area (Å²) in [6, 6.07) is 1.07. The lowest BCUT2D eigenvalue weighted by atomic mass is 9.87. The molecule has 0 aromatic carbocycles. The minimum Gasteiger partial charge on any atom is -0.353 e. The molecule has 5 heterocycles. The maximum Gasteiger partial charge on any atom is 0.240 e. The van der Waals surface area contributed by atoms with Gasteiger partial charge in [0, 0.05) is 42.3 Å². The number of fused-ring (bicyclic) bond motifs is 2. The van der Waals surface area contributed by atoms with Crippen LogP contribution in [0, 0.1) is 13.8 Å². The van der Waals surface area contributed by atoms with Gasteiger partial charge in [0.1, 0.15) is 12.1 Å². The summed E-state index contributed by atoms with van der Waals surface area (Å²) in [5.41, 5.74) is 2.24. The van der Waals surface area contributed by atoms with Gasteiger partial charge in [-0.15, -0.1) is 0 Å². The number of piperidine rings is 1. The smallest absolute Gasteiger partial charge is 0.240 e. The Balaban J connectivity index is 1.44. The van der Waals surface area contributed by atoms with E-state index >= 15 is 0 Å². The van der Waals surface area contributed by atoms with Gasteiger partial charge in [-0.1, -0.05) is 19.0 Å². The van der Waals surface area contributed by atoms with Crippen LogP contribution in [-0.4, -0.2) is 50.2 Å². The molecule has 128 valence electrons. The number of hydrogen-bond acceptors (Lipinski definition) is 7. The van der Waals surface area contributed by atoms with Crippen LogP contribution in [0.3, 0.4) is 0 Å². The van der Waals surface area contributed by atoms with E-state index in [4.69, 9.17) is 4.52 Å². The second-order valence-electron chi connectivity index (χ2n) is 7.23. The second-order valence-corrected chi connectivity index (χ2v) is 7.23. The van der Waals surface area contributed by atoms with Crippen molar-refractivity contribution in [1.82, 2.24) is 25.0 Å². The summed E-state index contributed by atoms with van der Waals surface area (Å²) in [7, 11) is 0. The first-order chi connectivity index (χ1) is 11.5. The van der Waals surface area contributed by atoms with E-state index in [2.05, 4.69) is 50.7 Å². The Bertz CT molecular complexity index is 730. The summed E-state index contributed by atoms with van der Waals surface area (Å²) in [6.07, 6.45) is 2.91. The van der Waals surface area contributed by atoms with E-state index in [1.807, 2.05) is 6.92 Å². The monoisotopic (exact) mass is 328 g/mol. The summed E-state index contributed by atoms with van der Waals surface area (Å²) >= 11 is 0. The third-order valence-electron chi connectivity index (χ3n) is 5.27. The quantitative estimate of drug-likeness (QED) is 0.850. The van der Waals surface area contributed by atoms with Crippen molar-refractivity contribution in [1.29, 1.82) is 0 Å². The van der Waals surface area contributed by atoms with Crippen LogP contribution in [-0.2, 0) is 6.54 Å². The van der Waals surface area contributed by atoms with Crippen molar-refractivity contribution >= 4 is 5.82 Å². The lowest BCUT2D eigenvalue weighted by molar-refractivity contribution is -0.0162. The maximum absolute atomic E-state index is 5.41. The molecule has 7 heteroatoms. The molecular formula is C17H24N6O. The molecule has 7 nitrogen and oxygen atoms in total. The van der Waals surface area contributed by atoms with Gasteiger partial charge in [-0.3, -0.25) is 4.90 Å². The van der Waals surface area contributed by atoms with Crippen molar-refractivity contribution < 1.29 is 4.52 Å². The van der Waals surface area contributed by atoms with Gasteiger partial charge in [0.2, 0.25) is 5.89 Å². The van der Waals surface area contributed by atoms with Gasteiger partial charge >= 0.3 is 0 Å². The van der Waals surface area contributed by atoms with Crippen LogP contribution in [0.2, 0.25) is 0 Å². The Morgan fingerprint density at radius 3 is 2.62 bits per heavy atom. The minimum absolute atomic E-state index is 0.304. The molecule has 0 saturated carbocycles. The third kappa shape index (κ3) is 2.56. The number of rotatable bonds is 4. The Labute approximate surface area is 142 Å². The lowest BCUT2D eigenvalue weighted by Crippen LogP contribution is -2.68. The number of piperazine rings is 1. The van der Waals surface area contributed by atoms with E-state index in [9.17, 15) is 0 Å². The summed E-state index contributed by atoms with van der Waals surface area (Å²) in [4.78, 5) is 18.2. The fourth-order valence-electron chi connectivity index (χ4n) is 3.69. The van der Waals surface area contributed by atoms with Crippen LogP contribution in [0.4, 0.5) is 5.82 Å². The Hall–Kier alpha value is -2.02. The van der Waals surface area contributed by atoms with E-state index < -0.39 is 0 Å². The average molecular weight is 328 g/mol. The fourth-order valence-corrected chi connectivity index (χ4v) is 3.69. The summed E-state index contributed by atoms with van der Waals surface area (Å²) < 4.78 is 5.41. The van der Waals surface area contributed by atoms with Gasteiger partial charge in [-0.25, -0.2) is 9.97 Å². The summed E-state index contributed by atoms with van der Waals surface area (Å²) in [5, 5.41) is 4.06. The molecule has 3 aliphatic rings. The molecule has 2 aromatic heterocycles. The predicted molar refractivity (Wildman–Crippen MR) is 89.8 cm³/mol. The van der Waals surface area contributed by atoms with E-state index in [0.717, 1.165) is 42.9 Å². The summed E-state index contributed by atoms with van der Waals surface area (Å²) in [5.74, 6) is 2.91. The highest BCUT2D eigenvalue weighted by molar-refractivity contribution is 5.49. The van der Waals surface area contributed by atoms with E-state index in [-0.39, 0.29) is 0 Å². The topological polar surface area (TPSA) is 71.2 Å². The van der Waals surface area contributed by atoms with Crippen LogP contribution >= 0.6 is 0 Å². The molecular weight excluding hydrogens is 304 g/mol. The van der Waals surface area contributed by atoms with Crippen molar-refractivity contribution in [2.75, 3.05) is 18.0 Å². The van der Waals surface area contributed by atoms with E-state index in [1.54, 1.807) is 6.33 Å². The molecule has 2 atom stereocenters. The number of nitrogens with zero attached hydrogens (tertiary/aromatic N) is 6. The minimum atomic E-state index is 0.304. The molecule has 3 fully saturated rings. The van der Waals surface area contributed by atoms with Gasteiger partial charge in [-0.05, 0) is 20.3 Å². The number of hydrogen-bond donors (Lipinski definition) is 0. The van der Waals surface area contributed by atoms with Gasteiger partial charge < -0.3 is 9.42 Å². The van der Waals surface area contributed by atoms with Gasteiger partial charge in [-0.2, -0.15) is 4.98 Å². The van der Waals surface area contributed by atoms with Crippen LogP contribution in [0.25, 0.3) is 0 Å². The van der Waals surface area contributed by atoms with Gasteiger partial charge in [0.15, 0.2) is 5.82 Å². The zero-order valence-electron chi connectivity index (χ0n) is 14.7. The van der Waals surface area contributed by atoms with Crippen molar-refractivity contribution in [3.8, 4) is 0 Å². The second kappa shape index (κ2) is 5.81. The Kier molecular flexibility index (Phi) is 3.75. The first-order valence-corrected chi connectivity index (χ1v) is 8.64. The lowest BCUT2D eigenvalue weighted by Gasteiger charge is -2.56. The van der Waals surface area contributed by atoms with Crippen molar-refractivity contribution in [3.63, 3.8) is 0 Å². The van der Waals surface area contributed by atoms with Crippen molar-refractivity contribution in [3.05, 3.63) is 29.3 Å². The van der Waals surface area contributed by atoms with Gasteiger partial charge in [0.05, 0.1) is 6.54 Å². The third-order valence-corrected chi connectivity index (χ3v) is 5.27. The largest absolute Gasteiger partial charge is 0.353 e. The van der Waals surface area contributed by atoms with Gasteiger partial charge in [0.25, 0.3) is 0 Å². The molecule has 0 spiro atoms. The predicted octanol–water partition coefficient (Wildman–Crippen LogP) is 2.06. The zero-order valence-corrected chi connectivity index (χ0v) is 14.7. The molecule has 0 N–H and O–H groups in total. The zero-order chi connectivity index (χ0) is 16.8. The van der Waals surface area contributed by atoms with Crippen LogP contribution in [0.1, 0.15) is 49.2 Å². The number of aromatic nitrogens is 4. The summed E-state index contributed by atoms with van der Waals surface area (Å²) in [6.45, 7) is 11.1. The molecule has 0 radical (unpaired) electrons. The number of anilines is 1. The molecule has 24 heavy (non-hydrogen) atoms. The standard InChI is InChI=1S/C17H24N6O/c1-10(2)16-20-15(24-21-16)8-23-13-5-14(23)7-22(6-13)17-11(3)12(4)18-9-19-17/h9-10,13-14H,5-8H2,1-4H3. The first-order valence-electron chi connectivity index (χ1n) is 8.64. The highest BCUT2D eigenvalue weighted by Gasteiger charge is 2.45. The van der Waals surface area contributed by atoms with Crippen LogP contribution < -0.4 is 4.90 Å². The van der Waals surface area contributed by atoms with Crippen molar-refractivity contribution in [2.45, 2.75) is 58.7 Å². The highest BCUT2D eigenvalue weighted by Crippen LogP contribution is 2.36. The molecule has 0 aliphatic carbocycles. The Morgan fingerprint density at radius 2 is 1.96 bits per heavy atom.